The Balaban J connectivity index is 2.52. The molecule has 0 spiro atoms. The summed E-state index contributed by atoms with van der Waals surface area (Å²) in [6.45, 7) is 0.111. The minimum Gasteiger partial charge on any atom is -0.469 e. The van der Waals surface area contributed by atoms with Crippen LogP contribution in [0.1, 0.15) is 25.7 Å². The van der Waals surface area contributed by atoms with Gasteiger partial charge in [0.2, 0.25) is 0 Å². The van der Waals surface area contributed by atoms with E-state index in [0.29, 0.717) is 0 Å². The molecular formula is C9H16O3. The third kappa shape index (κ3) is 1.97. The zero-order valence-electron chi connectivity index (χ0n) is 7.45. The number of ether oxygens (including phenoxy) is 1. The van der Waals surface area contributed by atoms with Crippen molar-refractivity contribution in [1.82, 2.24) is 0 Å². The quantitative estimate of drug-likeness (QED) is 0.631. The lowest BCUT2D eigenvalue weighted by Gasteiger charge is -2.27. The van der Waals surface area contributed by atoms with Crippen LogP contribution in [0.15, 0.2) is 0 Å². The molecule has 1 fully saturated rings. The first-order valence-electron chi connectivity index (χ1n) is 4.48. The van der Waals surface area contributed by atoms with Gasteiger partial charge in [-0.1, -0.05) is 12.8 Å². The van der Waals surface area contributed by atoms with E-state index in [2.05, 4.69) is 4.74 Å². The Kier molecular flexibility index (Phi) is 3.53. The molecule has 70 valence electrons. The molecule has 3 heteroatoms. The predicted octanol–water partition coefficient (Wildman–Crippen LogP) is 0.958. The first kappa shape index (κ1) is 9.52. The average Bonchev–Trinajstić information content (AvgIpc) is 2.16. The lowest BCUT2D eigenvalue weighted by atomic mass is 9.80. The Morgan fingerprint density at radius 3 is 2.75 bits per heavy atom. The van der Waals surface area contributed by atoms with Crippen molar-refractivity contribution in [3.63, 3.8) is 0 Å². The molecule has 0 saturated heterocycles. The molecule has 1 rings (SSSR count). The second kappa shape index (κ2) is 4.45. The highest BCUT2D eigenvalue weighted by Crippen LogP contribution is 2.30. The van der Waals surface area contributed by atoms with Crippen LogP contribution in [0.2, 0.25) is 0 Å². The van der Waals surface area contributed by atoms with E-state index in [4.69, 9.17) is 5.11 Å². The standard InChI is InChI=1S/C9H16O3/c1-12-9(11)8-5-3-2-4-7(8)6-10/h7-8,10H,2-6H2,1H3/t7-,8+/m1/s1. The zero-order valence-corrected chi connectivity index (χ0v) is 7.45. The number of carbonyl (C=O) groups is 1. The summed E-state index contributed by atoms with van der Waals surface area (Å²) in [4.78, 5) is 11.2. The predicted molar refractivity (Wildman–Crippen MR) is 44.5 cm³/mol. The third-order valence-electron chi connectivity index (χ3n) is 2.65. The molecule has 1 saturated carbocycles. The fraction of sp³-hybridized carbons (Fsp3) is 0.889. The summed E-state index contributed by atoms with van der Waals surface area (Å²) in [7, 11) is 1.41. The molecule has 0 aromatic heterocycles. The Labute approximate surface area is 72.7 Å². The highest BCUT2D eigenvalue weighted by molar-refractivity contribution is 5.72. The lowest BCUT2D eigenvalue weighted by molar-refractivity contribution is -0.149. The van der Waals surface area contributed by atoms with Crippen molar-refractivity contribution in [2.75, 3.05) is 13.7 Å². The van der Waals surface area contributed by atoms with Gasteiger partial charge in [0, 0.05) is 6.61 Å². The maximum atomic E-state index is 11.2. The van der Waals surface area contributed by atoms with Crippen molar-refractivity contribution in [2.24, 2.45) is 11.8 Å². The first-order valence-corrected chi connectivity index (χ1v) is 4.48. The second-order valence-electron chi connectivity index (χ2n) is 3.36. The number of rotatable bonds is 2. The molecular weight excluding hydrogens is 156 g/mol. The minimum absolute atomic E-state index is 0.0613. The van der Waals surface area contributed by atoms with Gasteiger partial charge in [-0.3, -0.25) is 4.79 Å². The van der Waals surface area contributed by atoms with E-state index in [0.717, 1.165) is 25.7 Å². The zero-order chi connectivity index (χ0) is 8.97. The van der Waals surface area contributed by atoms with E-state index in [9.17, 15) is 4.79 Å². The van der Waals surface area contributed by atoms with E-state index in [-0.39, 0.29) is 24.4 Å². The molecule has 0 bridgehead atoms. The molecule has 3 nitrogen and oxygen atoms in total. The summed E-state index contributed by atoms with van der Waals surface area (Å²) in [5.74, 6) is -0.0892. The van der Waals surface area contributed by atoms with Crippen molar-refractivity contribution < 1.29 is 14.6 Å². The van der Waals surface area contributed by atoms with Crippen molar-refractivity contribution in [2.45, 2.75) is 25.7 Å². The van der Waals surface area contributed by atoms with Gasteiger partial charge in [-0.25, -0.2) is 0 Å². The van der Waals surface area contributed by atoms with Crippen LogP contribution in [-0.4, -0.2) is 24.8 Å². The van der Waals surface area contributed by atoms with Crippen LogP contribution < -0.4 is 0 Å². The lowest BCUT2D eigenvalue weighted by Crippen LogP contribution is -2.30. The van der Waals surface area contributed by atoms with E-state index in [1.54, 1.807) is 0 Å². The molecule has 0 amide bonds. The molecule has 0 radical (unpaired) electrons. The highest BCUT2D eigenvalue weighted by Gasteiger charge is 2.30. The summed E-state index contributed by atoms with van der Waals surface area (Å²) >= 11 is 0. The van der Waals surface area contributed by atoms with Gasteiger partial charge in [0.25, 0.3) is 0 Å². The van der Waals surface area contributed by atoms with Gasteiger partial charge in [0.1, 0.15) is 0 Å². The van der Waals surface area contributed by atoms with E-state index >= 15 is 0 Å². The molecule has 1 aliphatic carbocycles. The monoisotopic (exact) mass is 172 g/mol. The van der Waals surface area contributed by atoms with Crippen LogP contribution in [0.3, 0.4) is 0 Å². The van der Waals surface area contributed by atoms with Crippen LogP contribution in [-0.2, 0) is 9.53 Å². The fourth-order valence-electron chi connectivity index (χ4n) is 1.89. The van der Waals surface area contributed by atoms with Gasteiger partial charge in [0.15, 0.2) is 0 Å². The second-order valence-corrected chi connectivity index (χ2v) is 3.36. The maximum absolute atomic E-state index is 11.2. The number of esters is 1. The number of carbonyl (C=O) groups excluding carboxylic acids is 1. The topological polar surface area (TPSA) is 46.5 Å². The van der Waals surface area contributed by atoms with Crippen LogP contribution in [0.4, 0.5) is 0 Å². The Morgan fingerprint density at radius 2 is 2.17 bits per heavy atom. The van der Waals surface area contributed by atoms with Crippen LogP contribution in [0.25, 0.3) is 0 Å². The number of hydrogen-bond donors (Lipinski definition) is 1. The third-order valence-corrected chi connectivity index (χ3v) is 2.65. The molecule has 0 aromatic rings. The van der Waals surface area contributed by atoms with Gasteiger partial charge < -0.3 is 9.84 Å². The van der Waals surface area contributed by atoms with E-state index < -0.39 is 0 Å². The molecule has 1 N–H and O–H groups in total. The van der Waals surface area contributed by atoms with Gasteiger partial charge >= 0.3 is 5.97 Å². The Hall–Kier alpha value is -0.570. The summed E-state index contributed by atoms with van der Waals surface area (Å²) in [5.41, 5.74) is 0. The van der Waals surface area contributed by atoms with Crippen molar-refractivity contribution in [1.29, 1.82) is 0 Å². The summed E-state index contributed by atoms with van der Waals surface area (Å²) in [6.07, 6.45) is 4.03. The summed E-state index contributed by atoms with van der Waals surface area (Å²) < 4.78 is 4.67. The van der Waals surface area contributed by atoms with E-state index in [1.165, 1.54) is 7.11 Å². The summed E-state index contributed by atoms with van der Waals surface area (Å²) in [5, 5.41) is 9.00. The van der Waals surface area contributed by atoms with Gasteiger partial charge in [-0.2, -0.15) is 0 Å². The van der Waals surface area contributed by atoms with E-state index in [1.807, 2.05) is 0 Å². The van der Waals surface area contributed by atoms with Gasteiger partial charge in [-0.15, -0.1) is 0 Å². The van der Waals surface area contributed by atoms with Gasteiger partial charge in [0.05, 0.1) is 13.0 Å². The summed E-state index contributed by atoms with van der Waals surface area (Å²) in [6, 6.07) is 0. The molecule has 0 aromatic carbocycles. The largest absolute Gasteiger partial charge is 0.469 e. The van der Waals surface area contributed by atoms with Gasteiger partial charge in [-0.05, 0) is 18.8 Å². The van der Waals surface area contributed by atoms with Crippen molar-refractivity contribution in [3.8, 4) is 0 Å². The molecule has 2 atom stereocenters. The van der Waals surface area contributed by atoms with Crippen LogP contribution in [0.5, 0.6) is 0 Å². The smallest absolute Gasteiger partial charge is 0.309 e. The normalized spacial score (nSPS) is 29.8. The molecule has 0 unspecified atom stereocenters. The molecule has 12 heavy (non-hydrogen) atoms. The number of aliphatic hydroxyl groups is 1. The molecule has 0 aliphatic heterocycles. The highest BCUT2D eigenvalue weighted by atomic mass is 16.5. The Morgan fingerprint density at radius 1 is 1.50 bits per heavy atom. The van der Waals surface area contributed by atoms with Crippen LogP contribution in [0, 0.1) is 11.8 Å². The van der Waals surface area contributed by atoms with Crippen molar-refractivity contribution in [3.05, 3.63) is 0 Å². The number of aliphatic hydroxyl groups excluding tert-OH is 1. The van der Waals surface area contributed by atoms with Crippen LogP contribution >= 0.6 is 0 Å². The number of hydrogen-bond acceptors (Lipinski definition) is 3. The molecule has 1 aliphatic rings. The Bertz CT molecular complexity index is 156. The number of methoxy groups -OCH3 is 1. The van der Waals surface area contributed by atoms with Crippen molar-refractivity contribution >= 4 is 5.97 Å². The maximum Gasteiger partial charge on any atom is 0.309 e. The molecule has 0 heterocycles. The SMILES string of the molecule is COC(=O)[C@H]1CCCC[C@@H]1CO. The fourth-order valence-corrected chi connectivity index (χ4v) is 1.89. The average molecular weight is 172 g/mol. The first-order chi connectivity index (χ1) is 5.79. The minimum atomic E-state index is -0.159.